The minimum Gasteiger partial charge on any atom is -0.480 e. The average molecular weight is 1280 g/mol. The summed E-state index contributed by atoms with van der Waals surface area (Å²) in [5.41, 5.74) is 42.0. The van der Waals surface area contributed by atoms with Gasteiger partial charge in [0.1, 0.15) is 48.3 Å². The first kappa shape index (κ1) is 74.8. The van der Waals surface area contributed by atoms with Gasteiger partial charge in [0.2, 0.25) is 53.2 Å². The van der Waals surface area contributed by atoms with Gasteiger partial charge in [-0.2, -0.15) is 0 Å². The molecule has 9 atom stereocenters. The van der Waals surface area contributed by atoms with Crippen LogP contribution in [0, 0.1) is 11.8 Å². The number of nitrogens with zero attached hydrogens (tertiary/aromatic N) is 2. The maximum atomic E-state index is 14.8. The lowest BCUT2D eigenvalue weighted by atomic mass is 9.99. The number of rotatable bonds is 41. The summed E-state index contributed by atoms with van der Waals surface area (Å²) in [6.07, 6.45) is 2.23. The molecule has 0 radical (unpaired) electrons. The van der Waals surface area contributed by atoms with Gasteiger partial charge in [0.25, 0.3) is 0 Å². The van der Waals surface area contributed by atoms with Gasteiger partial charge in [-0.15, -0.1) is 0 Å². The molecule has 0 fully saturated rings. The van der Waals surface area contributed by atoms with Gasteiger partial charge in [0, 0.05) is 49.5 Å². The molecule has 0 aliphatic heterocycles. The Labute approximate surface area is 535 Å². The number of carbonyl (C=O) groups excluding carboxylic acids is 9. The number of carboxylic acid groups (broad SMARTS) is 1. The summed E-state index contributed by atoms with van der Waals surface area (Å²) >= 11 is 0. The van der Waals surface area contributed by atoms with E-state index in [0.717, 1.165) is 10.9 Å². The molecule has 502 valence electrons. The molecule has 1 heterocycles. The Balaban J connectivity index is 1.62. The van der Waals surface area contributed by atoms with E-state index >= 15 is 0 Å². The number of aromatic nitrogens is 1. The number of carboxylic acids is 1. The smallest absolute Gasteiger partial charge is 0.326 e. The lowest BCUT2D eigenvalue weighted by molar-refractivity contribution is -0.142. The number of hydrogen-bond acceptors (Lipinski definition) is 14. The summed E-state index contributed by atoms with van der Waals surface area (Å²) in [6, 6.07) is 12.0. The molecule has 24 N–H and O–H groups in total. The maximum absolute atomic E-state index is 14.8. The zero-order chi connectivity index (χ0) is 67.9. The molecule has 0 unspecified atom stereocenters. The molecule has 4 aromatic rings. The number of benzene rings is 3. The van der Waals surface area contributed by atoms with Crippen molar-refractivity contribution in [3.63, 3.8) is 0 Å². The number of unbranched alkanes of at least 4 members (excludes halogenated alkanes) is 1. The van der Waals surface area contributed by atoms with Gasteiger partial charge in [-0.25, -0.2) is 4.79 Å². The molecule has 4 rings (SSSR count). The van der Waals surface area contributed by atoms with Crippen LogP contribution in [0.3, 0.4) is 0 Å². The molecular formula is C63H94N18O11. The third-order valence-electron chi connectivity index (χ3n) is 14.7. The zero-order valence-electron chi connectivity index (χ0n) is 52.8. The fourth-order valence-electron chi connectivity index (χ4n) is 10.0. The predicted molar refractivity (Wildman–Crippen MR) is 349 cm³/mol. The molecule has 1 aromatic heterocycles. The number of guanidine groups is 2. The van der Waals surface area contributed by atoms with Crippen molar-refractivity contribution in [1.82, 2.24) is 47.5 Å². The fourth-order valence-corrected chi connectivity index (χ4v) is 10.0. The van der Waals surface area contributed by atoms with Crippen LogP contribution >= 0.6 is 0 Å². The monoisotopic (exact) mass is 1280 g/mol. The maximum Gasteiger partial charge on any atom is 0.326 e. The molecule has 0 saturated heterocycles. The highest BCUT2D eigenvalue weighted by molar-refractivity contribution is 5.99. The average Bonchev–Trinajstić information content (AvgIpc) is 1.97. The van der Waals surface area contributed by atoms with Crippen LogP contribution < -0.4 is 82.7 Å². The summed E-state index contributed by atoms with van der Waals surface area (Å²) in [6.45, 7) is 7.75. The van der Waals surface area contributed by atoms with Gasteiger partial charge < -0.3 is 92.8 Å². The molecule has 0 bridgehead atoms. The van der Waals surface area contributed by atoms with Crippen molar-refractivity contribution in [1.29, 1.82) is 0 Å². The molecule has 9 amide bonds. The molecular weight excluding hydrogens is 1180 g/mol. The second kappa shape index (κ2) is 38.8. The topological polar surface area (TPSA) is 510 Å². The van der Waals surface area contributed by atoms with Crippen LogP contribution in [0.5, 0.6) is 0 Å². The third kappa shape index (κ3) is 26.8. The molecule has 3 aromatic carbocycles. The highest BCUT2D eigenvalue weighted by atomic mass is 16.4. The molecule has 29 nitrogen and oxygen atoms in total. The van der Waals surface area contributed by atoms with Crippen LogP contribution in [0.2, 0.25) is 0 Å². The van der Waals surface area contributed by atoms with Crippen molar-refractivity contribution in [3.05, 3.63) is 108 Å². The van der Waals surface area contributed by atoms with Crippen molar-refractivity contribution in [2.45, 2.75) is 166 Å². The van der Waals surface area contributed by atoms with Crippen molar-refractivity contribution in [2.24, 2.45) is 62.0 Å². The Morgan fingerprint density at radius 2 is 0.848 bits per heavy atom. The molecule has 0 saturated carbocycles. The van der Waals surface area contributed by atoms with Gasteiger partial charge in [0.05, 0.1) is 12.5 Å². The molecule has 0 aliphatic rings. The Morgan fingerprint density at radius 1 is 0.457 bits per heavy atom. The second-order valence-electron chi connectivity index (χ2n) is 23.5. The zero-order valence-corrected chi connectivity index (χ0v) is 52.8. The standard InChI is InChI=1S/C63H94N18O11/c1-36(2)29-46(56(86)75-45(25-16-28-72-63(69)70)55(85)81-51(61(91)92)33-40-35-73-43-23-12-11-21-41(40)43)77-60(90)50(34-52(66)82)80-59(89)49(32-39-19-9-6-10-20-39)79-58(88)48(31-38-17-7-5-8-18-38)78-57(87)47(30-37(3)4)76-54(84)44(24-13-14-26-64)74-53(83)42(65)22-15-27-71-62(67)68/h5-12,17-21,23,35-37,42,44-51,73H,13-16,22,24-34,64-65H2,1-4H3,(H2,66,82)(H,74,83)(H,75,86)(H,76,84)(H,77,90)(H,78,87)(H,79,88)(H,80,89)(H,81,85)(H,91,92)(H4,67,68,71)(H4,69,70,72)/t42-,44-,45-,46-,47-,48-,49-,50-,51-/m0/s1. The number of aliphatic carboxylic acids is 1. The quantitative estimate of drug-likeness (QED) is 0.0139. The molecule has 0 spiro atoms. The van der Waals surface area contributed by atoms with Crippen LogP contribution in [0.15, 0.2) is 101 Å². The highest BCUT2D eigenvalue weighted by Crippen LogP contribution is 2.20. The molecule has 0 aliphatic carbocycles. The van der Waals surface area contributed by atoms with Gasteiger partial charge in [-0.05, 0) is 98.9 Å². The summed E-state index contributed by atoms with van der Waals surface area (Å²) in [7, 11) is 0. The number of aliphatic imine (C=N–C) groups is 2. The van der Waals surface area contributed by atoms with Gasteiger partial charge in [-0.3, -0.25) is 53.1 Å². The second-order valence-corrected chi connectivity index (χ2v) is 23.5. The van der Waals surface area contributed by atoms with Crippen molar-refractivity contribution in [3.8, 4) is 0 Å². The van der Waals surface area contributed by atoms with Crippen LogP contribution in [-0.4, -0.2) is 155 Å². The van der Waals surface area contributed by atoms with E-state index in [2.05, 4.69) is 57.5 Å². The number of para-hydroxylation sites is 1. The van der Waals surface area contributed by atoms with Crippen LogP contribution in [0.4, 0.5) is 0 Å². The van der Waals surface area contributed by atoms with Crippen LogP contribution in [0.25, 0.3) is 10.9 Å². The van der Waals surface area contributed by atoms with Crippen LogP contribution in [-0.2, 0) is 67.2 Å². The van der Waals surface area contributed by atoms with Crippen LogP contribution in [0.1, 0.15) is 109 Å². The summed E-state index contributed by atoms with van der Waals surface area (Å²) < 4.78 is 0. The number of amides is 9. The van der Waals surface area contributed by atoms with E-state index in [9.17, 15) is 53.1 Å². The number of H-pyrrole nitrogens is 1. The Hall–Kier alpha value is -9.64. The number of aromatic amines is 1. The normalized spacial score (nSPS) is 14.1. The first-order valence-corrected chi connectivity index (χ1v) is 30.9. The first-order chi connectivity index (χ1) is 43.7. The molecule has 29 heteroatoms. The lowest BCUT2D eigenvalue weighted by Gasteiger charge is -2.29. The number of primary amides is 1. The van der Waals surface area contributed by atoms with Crippen molar-refractivity contribution < 1.29 is 53.1 Å². The van der Waals surface area contributed by atoms with E-state index in [1.807, 2.05) is 26.0 Å². The summed E-state index contributed by atoms with van der Waals surface area (Å²) in [5.74, 6) is -9.88. The Kier molecular flexibility index (Phi) is 31.6. The van der Waals surface area contributed by atoms with Gasteiger partial charge >= 0.3 is 5.97 Å². The molecule has 92 heavy (non-hydrogen) atoms. The summed E-state index contributed by atoms with van der Waals surface area (Å²) in [5, 5.41) is 32.4. The summed E-state index contributed by atoms with van der Waals surface area (Å²) in [4.78, 5) is 151. The Bertz CT molecular complexity index is 3130. The predicted octanol–water partition coefficient (Wildman–Crippen LogP) is -1.31. The van der Waals surface area contributed by atoms with E-state index in [0.29, 0.717) is 42.5 Å². The third-order valence-corrected chi connectivity index (χ3v) is 14.7. The van der Waals surface area contributed by atoms with E-state index in [1.54, 1.807) is 92.8 Å². The highest BCUT2D eigenvalue weighted by Gasteiger charge is 2.36. The fraction of sp³-hybridized carbons (Fsp3) is 0.492. The van der Waals surface area contributed by atoms with E-state index in [1.165, 1.54) is 0 Å². The number of nitrogens with two attached hydrogens (primary N) is 7. The number of fused-ring (bicyclic) bond motifs is 1. The van der Waals surface area contributed by atoms with E-state index in [-0.39, 0.29) is 94.6 Å². The van der Waals surface area contributed by atoms with Gasteiger partial charge in [0.15, 0.2) is 11.9 Å². The van der Waals surface area contributed by atoms with E-state index in [4.69, 9.17) is 40.1 Å². The van der Waals surface area contributed by atoms with E-state index < -0.39 is 120 Å². The van der Waals surface area contributed by atoms with Gasteiger partial charge in [-0.1, -0.05) is 107 Å². The number of nitrogens with one attached hydrogen (secondary N) is 9. The van der Waals surface area contributed by atoms with Crippen molar-refractivity contribution in [2.75, 3.05) is 19.6 Å². The first-order valence-electron chi connectivity index (χ1n) is 30.9. The Morgan fingerprint density at radius 3 is 1.32 bits per heavy atom. The number of hydrogen-bond donors (Lipinski definition) is 17. The minimum atomic E-state index is -1.76. The number of carbonyl (C=O) groups is 10. The van der Waals surface area contributed by atoms with Crippen molar-refractivity contribution >= 4 is 82.0 Å². The largest absolute Gasteiger partial charge is 0.480 e. The minimum absolute atomic E-state index is 0.0376. The lowest BCUT2D eigenvalue weighted by Crippen LogP contribution is -2.61. The SMILES string of the molecule is CC(C)C[C@H](NC(=O)[C@H](CC(N)=O)NC(=O)[C@H](Cc1ccccc1)NC(=O)[C@H](Cc1ccccc1)NC(=O)[C@H](CC(C)C)NC(=O)[C@H](CCCCN)NC(=O)[C@@H](N)CCCN=C(N)N)C(=O)N[C@@H](CCCN=C(N)N)C(=O)N[C@@H](Cc1c[nH]c2ccccc12)C(=O)O.